The van der Waals surface area contributed by atoms with Crippen LogP contribution in [0.5, 0.6) is 0 Å². The van der Waals surface area contributed by atoms with Gasteiger partial charge in [0.1, 0.15) is 0 Å². The van der Waals surface area contributed by atoms with Crippen LogP contribution in [0.15, 0.2) is 182 Å². The van der Waals surface area contributed by atoms with E-state index in [1.165, 1.54) is 27.4 Å². The minimum absolute atomic E-state index is 0.687. The fourth-order valence-corrected chi connectivity index (χ4v) is 6.64. The fourth-order valence-electron chi connectivity index (χ4n) is 6.64. The smallest absolute Gasteiger partial charge is 0.160 e. The first-order valence-corrected chi connectivity index (χ1v) is 16.4. The van der Waals surface area contributed by atoms with Crippen LogP contribution < -0.4 is 0 Å². The molecule has 0 N–H and O–H groups in total. The molecule has 4 heteroatoms. The highest BCUT2D eigenvalue weighted by atomic mass is 15.0. The van der Waals surface area contributed by atoms with Gasteiger partial charge < -0.3 is 4.57 Å². The van der Waals surface area contributed by atoms with Gasteiger partial charge in [0.2, 0.25) is 0 Å². The number of hydrogen-bond acceptors (Lipinski definition) is 3. The molecule has 49 heavy (non-hydrogen) atoms. The van der Waals surface area contributed by atoms with Crippen LogP contribution in [0.25, 0.3) is 83.8 Å². The van der Waals surface area contributed by atoms with E-state index in [0.717, 1.165) is 50.6 Å². The molecule has 0 amide bonds. The quantitative estimate of drug-likeness (QED) is 0.184. The summed E-state index contributed by atoms with van der Waals surface area (Å²) in [7, 11) is 0. The molecule has 3 aromatic heterocycles. The van der Waals surface area contributed by atoms with Gasteiger partial charge in [-0.1, -0.05) is 133 Å². The molecular formula is C45H30N4. The van der Waals surface area contributed by atoms with E-state index >= 15 is 0 Å². The van der Waals surface area contributed by atoms with E-state index in [2.05, 4.69) is 161 Å². The molecule has 0 aliphatic heterocycles. The van der Waals surface area contributed by atoms with E-state index in [1.54, 1.807) is 0 Å². The van der Waals surface area contributed by atoms with E-state index in [-0.39, 0.29) is 0 Å². The van der Waals surface area contributed by atoms with Gasteiger partial charge in [-0.05, 0) is 53.6 Å². The van der Waals surface area contributed by atoms with E-state index in [1.807, 2.05) is 30.5 Å². The van der Waals surface area contributed by atoms with Crippen LogP contribution in [0.4, 0.5) is 0 Å². The van der Waals surface area contributed by atoms with E-state index in [0.29, 0.717) is 5.82 Å². The summed E-state index contributed by atoms with van der Waals surface area (Å²) < 4.78 is 2.34. The number of hydrogen-bond donors (Lipinski definition) is 0. The summed E-state index contributed by atoms with van der Waals surface area (Å²) in [6.45, 7) is 0. The van der Waals surface area contributed by atoms with Crippen LogP contribution in [0.3, 0.4) is 0 Å². The lowest BCUT2D eigenvalue weighted by atomic mass is 10.0. The summed E-state index contributed by atoms with van der Waals surface area (Å²) in [6.07, 6.45) is 1.82. The molecule has 0 radical (unpaired) electrons. The number of benzene rings is 6. The first-order valence-electron chi connectivity index (χ1n) is 16.4. The van der Waals surface area contributed by atoms with Crippen molar-refractivity contribution in [3.63, 3.8) is 0 Å². The highest BCUT2D eigenvalue weighted by Gasteiger charge is 2.14. The first kappa shape index (κ1) is 28.6. The second kappa shape index (κ2) is 12.2. The molecule has 230 valence electrons. The first-order chi connectivity index (χ1) is 24.3. The molecule has 0 unspecified atom stereocenters. The van der Waals surface area contributed by atoms with Crippen molar-refractivity contribution in [2.75, 3.05) is 0 Å². The zero-order valence-corrected chi connectivity index (χ0v) is 26.6. The molecule has 4 nitrogen and oxygen atoms in total. The van der Waals surface area contributed by atoms with Crippen molar-refractivity contribution in [1.82, 2.24) is 19.5 Å². The Hall–Kier alpha value is -6.65. The standard InChI is InChI=1S/C45H30N4/c1-2-10-31(11-3-1)32-17-23-36(24-18-32)45-47-41(34-21-19-33(20-22-34)40-14-8-9-29-46-40)30-42(48-45)35-25-27-37(28-26-35)49-43-15-6-4-12-38(43)39-13-5-7-16-44(39)49/h1-30H. The van der Waals surface area contributed by atoms with Crippen molar-refractivity contribution in [3.05, 3.63) is 182 Å². The molecule has 0 saturated heterocycles. The van der Waals surface area contributed by atoms with Crippen molar-refractivity contribution in [2.24, 2.45) is 0 Å². The van der Waals surface area contributed by atoms with Crippen LogP contribution in [-0.4, -0.2) is 19.5 Å². The molecule has 0 aliphatic carbocycles. The lowest BCUT2D eigenvalue weighted by Crippen LogP contribution is -1.97. The maximum atomic E-state index is 5.13. The molecule has 9 rings (SSSR count). The predicted molar refractivity (Wildman–Crippen MR) is 201 cm³/mol. The summed E-state index contributed by atoms with van der Waals surface area (Å²) in [5.74, 6) is 0.687. The van der Waals surface area contributed by atoms with Gasteiger partial charge in [-0.2, -0.15) is 0 Å². The predicted octanol–water partition coefficient (Wildman–Crippen LogP) is 11.3. The van der Waals surface area contributed by atoms with Gasteiger partial charge in [-0.15, -0.1) is 0 Å². The lowest BCUT2D eigenvalue weighted by Gasteiger charge is -2.12. The number of para-hydroxylation sites is 2. The van der Waals surface area contributed by atoms with Gasteiger partial charge in [0.05, 0.1) is 28.1 Å². The van der Waals surface area contributed by atoms with Gasteiger partial charge in [-0.25, -0.2) is 9.97 Å². The van der Waals surface area contributed by atoms with Gasteiger partial charge in [0.15, 0.2) is 5.82 Å². The van der Waals surface area contributed by atoms with Gasteiger partial charge in [0, 0.05) is 44.9 Å². The Labute approximate surface area is 284 Å². The minimum Gasteiger partial charge on any atom is -0.309 e. The van der Waals surface area contributed by atoms with Crippen molar-refractivity contribution in [3.8, 4) is 62.0 Å². The third-order valence-electron chi connectivity index (χ3n) is 9.12. The number of pyridine rings is 1. The topological polar surface area (TPSA) is 43.6 Å². The minimum atomic E-state index is 0.687. The highest BCUT2D eigenvalue weighted by molar-refractivity contribution is 6.09. The average Bonchev–Trinajstić information content (AvgIpc) is 3.53. The summed E-state index contributed by atoms with van der Waals surface area (Å²) in [6, 6.07) is 61.3. The van der Waals surface area contributed by atoms with E-state index in [9.17, 15) is 0 Å². The third-order valence-corrected chi connectivity index (χ3v) is 9.12. The summed E-state index contributed by atoms with van der Waals surface area (Å²) in [4.78, 5) is 14.8. The largest absolute Gasteiger partial charge is 0.309 e. The van der Waals surface area contributed by atoms with Crippen LogP contribution in [0.2, 0.25) is 0 Å². The van der Waals surface area contributed by atoms with Crippen molar-refractivity contribution < 1.29 is 0 Å². The average molecular weight is 627 g/mol. The van der Waals surface area contributed by atoms with E-state index in [4.69, 9.17) is 9.97 Å². The van der Waals surface area contributed by atoms with Gasteiger partial charge in [0.25, 0.3) is 0 Å². The summed E-state index contributed by atoms with van der Waals surface area (Å²) in [5.41, 5.74) is 12.6. The normalized spacial score (nSPS) is 11.3. The monoisotopic (exact) mass is 626 g/mol. The Morgan fingerprint density at radius 2 is 0.816 bits per heavy atom. The Kier molecular flexibility index (Phi) is 7.10. The molecular weight excluding hydrogens is 597 g/mol. The molecule has 9 aromatic rings. The van der Waals surface area contributed by atoms with Crippen molar-refractivity contribution >= 4 is 21.8 Å². The fraction of sp³-hybridized carbons (Fsp3) is 0. The van der Waals surface area contributed by atoms with Crippen molar-refractivity contribution in [2.45, 2.75) is 0 Å². The zero-order chi connectivity index (χ0) is 32.6. The van der Waals surface area contributed by atoms with Crippen LogP contribution in [-0.2, 0) is 0 Å². The Balaban J connectivity index is 1.13. The third kappa shape index (κ3) is 5.35. The number of fused-ring (bicyclic) bond motifs is 3. The second-order valence-electron chi connectivity index (χ2n) is 12.1. The van der Waals surface area contributed by atoms with E-state index < -0.39 is 0 Å². The Bertz CT molecular complexity index is 2400. The summed E-state index contributed by atoms with van der Waals surface area (Å²) in [5, 5.41) is 2.50. The molecule has 3 heterocycles. The highest BCUT2D eigenvalue weighted by Crippen LogP contribution is 2.34. The Morgan fingerprint density at radius 1 is 0.347 bits per heavy atom. The van der Waals surface area contributed by atoms with Gasteiger partial charge >= 0.3 is 0 Å². The van der Waals surface area contributed by atoms with Gasteiger partial charge in [-0.3, -0.25) is 4.98 Å². The molecule has 0 atom stereocenters. The zero-order valence-electron chi connectivity index (χ0n) is 26.6. The van der Waals surface area contributed by atoms with Crippen LogP contribution in [0, 0.1) is 0 Å². The maximum Gasteiger partial charge on any atom is 0.160 e. The number of rotatable bonds is 6. The molecule has 0 fully saturated rings. The lowest BCUT2D eigenvalue weighted by molar-refractivity contribution is 1.17. The molecule has 0 saturated carbocycles. The van der Waals surface area contributed by atoms with Crippen molar-refractivity contribution in [1.29, 1.82) is 0 Å². The Morgan fingerprint density at radius 3 is 1.41 bits per heavy atom. The number of aromatic nitrogens is 4. The second-order valence-corrected chi connectivity index (χ2v) is 12.1. The molecule has 6 aromatic carbocycles. The molecule has 0 bridgehead atoms. The van der Waals surface area contributed by atoms with Crippen LogP contribution >= 0.6 is 0 Å². The SMILES string of the molecule is c1ccc(-c2ccc(-c3nc(-c4ccc(-c5ccccn5)cc4)cc(-c4ccc(-n5c6ccccc6c6ccccc65)cc4)n3)cc2)cc1. The number of nitrogens with zero attached hydrogens (tertiary/aromatic N) is 4. The summed E-state index contributed by atoms with van der Waals surface area (Å²) >= 11 is 0. The van der Waals surface area contributed by atoms with Crippen LogP contribution in [0.1, 0.15) is 0 Å². The molecule has 0 aliphatic rings. The maximum absolute atomic E-state index is 5.13. The molecule has 0 spiro atoms.